The summed E-state index contributed by atoms with van der Waals surface area (Å²) in [6.07, 6.45) is 3.96. The predicted octanol–water partition coefficient (Wildman–Crippen LogP) is 3.09. The molecule has 25 heavy (non-hydrogen) atoms. The van der Waals surface area contributed by atoms with Crippen LogP contribution in [0.15, 0.2) is 35.0 Å². The highest BCUT2D eigenvalue weighted by molar-refractivity contribution is 6.30. The number of benzene rings is 1. The van der Waals surface area contributed by atoms with Crippen molar-refractivity contribution in [3.8, 4) is 11.8 Å². The summed E-state index contributed by atoms with van der Waals surface area (Å²) in [6, 6.07) is 7.06. The standard InChI is InChI=1S/C19H19ClN2O3/c1-13-17(12-21-25-13)18(23)22-16-6-3-8-19(24,11-16)9-7-14-4-2-5-15(20)10-14/h2,4-5,10,12,16,24H,3,6,8,11H2,1H3,(H,22,23)/t16-,19?/m0/s1. The van der Waals surface area contributed by atoms with E-state index in [0.29, 0.717) is 29.2 Å². The van der Waals surface area contributed by atoms with Crippen molar-refractivity contribution in [3.63, 3.8) is 0 Å². The van der Waals surface area contributed by atoms with Crippen LogP contribution in [0.1, 0.15) is 47.4 Å². The second-order valence-corrected chi connectivity index (χ2v) is 6.79. The van der Waals surface area contributed by atoms with Gasteiger partial charge >= 0.3 is 0 Å². The minimum absolute atomic E-state index is 0.144. The van der Waals surface area contributed by atoms with Crippen LogP contribution in [0.4, 0.5) is 0 Å². The van der Waals surface area contributed by atoms with Crippen LogP contribution in [0.3, 0.4) is 0 Å². The summed E-state index contributed by atoms with van der Waals surface area (Å²) in [6.45, 7) is 1.69. The van der Waals surface area contributed by atoms with Gasteiger partial charge in [-0.15, -0.1) is 0 Å². The Balaban J connectivity index is 1.68. The molecule has 1 unspecified atom stereocenters. The summed E-state index contributed by atoms with van der Waals surface area (Å²) in [5, 5.41) is 17.9. The van der Waals surface area contributed by atoms with E-state index in [-0.39, 0.29) is 11.9 Å². The topological polar surface area (TPSA) is 75.4 Å². The Bertz CT molecular complexity index is 836. The van der Waals surface area contributed by atoms with Crippen LogP contribution in [-0.2, 0) is 0 Å². The third-order valence-electron chi connectivity index (χ3n) is 4.32. The van der Waals surface area contributed by atoms with Gasteiger partial charge < -0.3 is 14.9 Å². The van der Waals surface area contributed by atoms with Crippen molar-refractivity contribution in [1.82, 2.24) is 10.5 Å². The third kappa shape index (κ3) is 4.41. The van der Waals surface area contributed by atoms with E-state index in [1.54, 1.807) is 19.1 Å². The average Bonchev–Trinajstić information content (AvgIpc) is 2.99. The highest BCUT2D eigenvalue weighted by Gasteiger charge is 2.34. The van der Waals surface area contributed by atoms with Crippen LogP contribution in [0.2, 0.25) is 5.02 Å². The molecular formula is C19H19ClN2O3. The number of nitrogens with zero attached hydrogens (tertiary/aromatic N) is 1. The Morgan fingerprint density at radius 1 is 1.52 bits per heavy atom. The number of nitrogens with one attached hydrogen (secondary N) is 1. The van der Waals surface area contributed by atoms with Crippen LogP contribution in [-0.4, -0.2) is 27.8 Å². The average molecular weight is 359 g/mol. The number of amides is 1. The SMILES string of the molecule is Cc1oncc1C(=O)N[C@H]1CCCC(O)(C#Cc2cccc(Cl)c2)C1. The second-order valence-electron chi connectivity index (χ2n) is 6.35. The van der Waals surface area contributed by atoms with Crippen LogP contribution in [0.5, 0.6) is 0 Å². The Hall–Kier alpha value is -2.29. The molecule has 2 aromatic rings. The smallest absolute Gasteiger partial charge is 0.256 e. The molecule has 1 fully saturated rings. The van der Waals surface area contributed by atoms with E-state index in [9.17, 15) is 9.90 Å². The van der Waals surface area contributed by atoms with Crippen molar-refractivity contribution in [2.24, 2.45) is 0 Å². The van der Waals surface area contributed by atoms with E-state index < -0.39 is 5.60 Å². The van der Waals surface area contributed by atoms with Crippen molar-refractivity contribution in [2.45, 2.75) is 44.2 Å². The Kier molecular flexibility index (Phi) is 5.12. The van der Waals surface area contributed by atoms with Crippen LogP contribution < -0.4 is 5.32 Å². The normalized spacial score (nSPS) is 22.8. The Morgan fingerprint density at radius 2 is 2.36 bits per heavy atom. The molecule has 0 saturated heterocycles. The molecule has 1 amide bonds. The predicted molar refractivity (Wildman–Crippen MR) is 94.2 cm³/mol. The monoisotopic (exact) mass is 358 g/mol. The third-order valence-corrected chi connectivity index (χ3v) is 4.56. The van der Waals surface area contributed by atoms with Gasteiger partial charge in [-0.1, -0.05) is 34.7 Å². The zero-order valence-corrected chi connectivity index (χ0v) is 14.6. The zero-order chi connectivity index (χ0) is 17.9. The second kappa shape index (κ2) is 7.30. The molecule has 1 saturated carbocycles. The molecule has 1 aromatic carbocycles. The minimum atomic E-state index is -1.12. The molecule has 6 heteroatoms. The number of aliphatic hydroxyl groups is 1. The lowest BCUT2D eigenvalue weighted by Crippen LogP contribution is -2.45. The van der Waals surface area contributed by atoms with Crippen molar-refractivity contribution < 1.29 is 14.4 Å². The van der Waals surface area contributed by atoms with Gasteiger partial charge in [-0.2, -0.15) is 0 Å². The number of halogens is 1. The molecule has 0 spiro atoms. The lowest BCUT2D eigenvalue weighted by Gasteiger charge is -2.33. The number of aromatic nitrogens is 1. The number of aryl methyl sites for hydroxylation is 1. The number of carbonyl (C=O) groups excluding carboxylic acids is 1. The summed E-state index contributed by atoms with van der Waals surface area (Å²) >= 11 is 5.95. The van der Waals surface area contributed by atoms with Gasteiger partial charge in [0.1, 0.15) is 16.9 Å². The Labute approximate surface area is 151 Å². The van der Waals surface area contributed by atoms with Crippen LogP contribution in [0, 0.1) is 18.8 Å². The number of hydrogen-bond acceptors (Lipinski definition) is 4. The maximum Gasteiger partial charge on any atom is 0.256 e. The molecule has 130 valence electrons. The fraction of sp³-hybridized carbons (Fsp3) is 0.368. The first kappa shape index (κ1) is 17.5. The first-order valence-corrected chi connectivity index (χ1v) is 8.56. The molecule has 2 atom stereocenters. The van der Waals surface area contributed by atoms with E-state index >= 15 is 0 Å². The molecule has 1 aromatic heterocycles. The molecule has 1 aliphatic rings. The van der Waals surface area contributed by atoms with Gasteiger partial charge in [0.25, 0.3) is 5.91 Å². The van der Waals surface area contributed by atoms with E-state index in [1.807, 2.05) is 12.1 Å². The van der Waals surface area contributed by atoms with Gasteiger partial charge in [-0.05, 0) is 44.4 Å². The summed E-state index contributed by atoms with van der Waals surface area (Å²) in [7, 11) is 0. The van der Waals surface area contributed by atoms with E-state index in [0.717, 1.165) is 18.4 Å². The fourth-order valence-electron chi connectivity index (χ4n) is 3.02. The molecule has 1 heterocycles. The number of rotatable bonds is 2. The highest BCUT2D eigenvalue weighted by Crippen LogP contribution is 2.28. The van der Waals surface area contributed by atoms with E-state index in [2.05, 4.69) is 22.3 Å². The summed E-state index contributed by atoms with van der Waals surface area (Å²) in [5.74, 6) is 6.18. The summed E-state index contributed by atoms with van der Waals surface area (Å²) in [5.41, 5.74) is 0.0497. The van der Waals surface area contributed by atoms with Crippen LogP contribution >= 0.6 is 11.6 Å². The summed E-state index contributed by atoms with van der Waals surface area (Å²) in [4.78, 5) is 12.3. The molecule has 3 rings (SSSR count). The van der Waals surface area contributed by atoms with Gasteiger partial charge in [0.2, 0.25) is 0 Å². The molecule has 5 nitrogen and oxygen atoms in total. The first-order chi connectivity index (χ1) is 12.0. The fourth-order valence-corrected chi connectivity index (χ4v) is 3.21. The molecule has 2 N–H and O–H groups in total. The van der Waals surface area contributed by atoms with Crippen LogP contribution in [0.25, 0.3) is 0 Å². The van der Waals surface area contributed by atoms with Crippen molar-refractivity contribution >= 4 is 17.5 Å². The lowest BCUT2D eigenvalue weighted by molar-refractivity contribution is 0.0452. The van der Waals surface area contributed by atoms with Gasteiger partial charge in [-0.25, -0.2) is 0 Å². The molecular weight excluding hydrogens is 340 g/mol. The van der Waals surface area contributed by atoms with Crippen molar-refractivity contribution in [3.05, 3.63) is 52.4 Å². The highest BCUT2D eigenvalue weighted by atomic mass is 35.5. The zero-order valence-electron chi connectivity index (χ0n) is 13.9. The lowest BCUT2D eigenvalue weighted by atomic mass is 9.82. The first-order valence-electron chi connectivity index (χ1n) is 8.18. The number of hydrogen-bond donors (Lipinski definition) is 2. The van der Waals surface area contributed by atoms with E-state index in [4.69, 9.17) is 16.1 Å². The maximum atomic E-state index is 12.3. The minimum Gasteiger partial charge on any atom is -0.378 e. The molecule has 1 aliphatic carbocycles. The van der Waals surface area contributed by atoms with Gasteiger partial charge in [0, 0.05) is 23.0 Å². The quantitative estimate of drug-likeness (QED) is 0.809. The van der Waals surface area contributed by atoms with Crippen molar-refractivity contribution in [2.75, 3.05) is 0 Å². The van der Waals surface area contributed by atoms with Crippen molar-refractivity contribution in [1.29, 1.82) is 0 Å². The molecule has 0 radical (unpaired) electrons. The van der Waals surface area contributed by atoms with Gasteiger partial charge in [0.05, 0.1) is 6.20 Å². The molecule has 0 bridgehead atoms. The van der Waals surface area contributed by atoms with Gasteiger partial charge in [-0.3, -0.25) is 4.79 Å². The molecule has 0 aliphatic heterocycles. The maximum absolute atomic E-state index is 12.3. The largest absolute Gasteiger partial charge is 0.378 e. The van der Waals surface area contributed by atoms with Gasteiger partial charge in [0.15, 0.2) is 0 Å². The van der Waals surface area contributed by atoms with E-state index in [1.165, 1.54) is 6.20 Å². The summed E-state index contributed by atoms with van der Waals surface area (Å²) < 4.78 is 4.92. The number of carbonyl (C=O) groups is 1. The Morgan fingerprint density at radius 3 is 3.08 bits per heavy atom.